The zero-order valence-corrected chi connectivity index (χ0v) is 11.6. The molecule has 0 bridgehead atoms. The predicted octanol–water partition coefficient (Wildman–Crippen LogP) is 0.965. The molecule has 16 heavy (non-hydrogen) atoms. The van der Waals surface area contributed by atoms with E-state index < -0.39 is 22.0 Å². The monoisotopic (exact) mass is 328 g/mol. The molecule has 6 nitrogen and oxygen atoms in total. The second-order valence-corrected chi connectivity index (χ2v) is 7.22. The molecular weight excluding hydrogens is 320 g/mol. The Labute approximate surface area is 105 Å². The van der Waals surface area contributed by atoms with Gasteiger partial charge in [-0.1, -0.05) is 11.3 Å². The molecule has 0 radical (unpaired) electrons. The molecule has 1 aromatic heterocycles. The van der Waals surface area contributed by atoms with Gasteiger partial charge in [0.25, 0.3) is 10.0 Å². The topological polar surface area (TPSA) is 96.4 Å². The number of sulfonamides is 1. The van der Waals surface area contributed by atoms with Crippen LogP contribution < -0.4 is 4.72 Å². The fourth-order valence-corrected chi connectivity index (χ4v) is 3.96. The van der Waals surface area contributed by atoms with E-state index in [-0.39, 0.29) is 4.34 Å². The Kier molecular flexibility index (Phi) is 4.05. The summed E-state index contributed by atoms with van der Waals surface area (Å²) in [7, 11) is -3.86. The van der Waals surface area contributed by atoms with Crippen molar-refractivity contribution in [2.75, 3.05) is 0 Å². The van der Waals surface area contributed by atoms with Gasteiger partial charge in [-0.3, -0.25) is 4.79 Å². The average molecular weight is 329 g/mol. The Morgan fingerprint density at radius 3 is 2.56 bits per heavy atom. The van der Waals surface area contributed by atoms with Crippen LogP contribution in [0.4, 0.5) is 0 Å². The molecule has 0 saturated heterocycles. The van der Waals surface area contributed by atoms with Crippen LogP contribution in [0.3, 0.4) is 0 Å². The van der Waals surface area contributed by atoms with Crippen LogP contribution in [0.2, 0.25) is 0 Å². The molecule has 9 heteroatoms. The molecule has 0 amide bonds. The zero-order chi connectivity index (χ0) is 12.5. The summed E-state index contributed by atoms with van der Waals surface area (Å²) in [4.78, 5) is 14.3. The van der Waals surface area contributed by atoms with Crippen molar-refractivity contribution >= 4 is 43.3 Å². The smallest absolute Gasteiger partial charge is 0.321 e. The maximum Gasteiger partial charge on any atom is 0.321 e. The summed E-state index contributed by atoms with van der Waals surface area (Å²) in [6.07, 6.45) is 0. The zero-order valence-electron chi connectivity index (χ0n) is 8.39. The van der Waals surface area contributed by atoms with Gasteiger partial charge in [0, 0.05) is 0 Å². The van der Waals surface area contributed by atoms with Gasteiger partial charge in [0.1, 0.15) is 6.04 Å². The lowest BCUT2D eigenvalue weighted by molar-refractivity contribution is -0.138. The number of rotatable bonds is 4. The van der Waals surface area contributed by atoms with Gasteiger partial charge in [-0.2, -0.15) is 4.72 Å². The SMILES string of the molecule is Cc1nc(S(=O)(=O)N[C@@H](C)C(=O)O)sc1Br. The minimum absolute atomic E-state index is 0.148. The van der Waals surface area contributed by atoms with Crippen LogP contribution in [0.25, 0.3) is 0 Å². The Morgan fingerprint density at radius 2 is 2.19 bits per heavy atom. The summed E-state index contributed by atoms with van der Waals surface area (Å²) < 4.78 is 25.8. The van der Waals surface area contributed by atoms with Crippen LogP contribution in [0, 0.1) is 6.92 Å². The van der Waals surface area contributed by atoms with E-state index in [0.29, 0.717) is 9.48 Å². The summed E-state index contributed by atoms with van der Waals surface area (Å²) in [6.45, 7) is 2.90. The highest BCUT2D eigenvalue weighted by molar-refractivity contribution is 9.11. The van der Waals surface area contributed by atoms with Crippen molar-refractivity contribution < 1.29 is 18.3 Å². The van der Waals surface area contributed by atoms with Crippen molar-refractivity contribution in [3.8, 4) is 0 Å². The Morgan fingerprint density at radius 1 is 1.62 bits per heavy atom. The van der Waals surface area contributed by atoms with Gasteiger partial charge < -0.3 is 5.11 Å². The molecule has 0 spiro atoms. The number of thiazole rings is 1. The largest absolute Gasteiger partial charge is 0.480 e. The highest BCUT2D eigenvalue weighted by atomic mass is 79.9. The number of nitrogens with zero attached hydrogens (tertiary/aromatic N) is 1. The average Bonchev–Trinajstić information content (AvgIpc) is 2.47. The van der Waals surface area contributed by atoms with Crippen LogP contribution in [0.15, 0.2) is 8.13 Å². The number of carboxylic acids is 1. The van der Waals surface area contributed by atoms with Crippen LogP contribution in [-0.2, 0) is 14.8 Å². The predicted molar refractivity (Wildman–Crippen MR) is 62.0 cm³/mol. The lowest BCUT2D eigenvalue weighted by Crippen LogP contribution is -2.38. The molecule has 0 fully saturated rings. The van der Waals surface area contributed by atoms with E-state index in [0.717, 1.165) is 11.3 Å². The molecule has 0 unspecified atom stereocenters. The number of aromatic nitrogens is 1. The molecule has 0 saturated carbocycles. The third-order valence-electron chi connectivity index (χ3n) is 1.65. The van der Waals surface area contributed by atoms with E-state index in [1.807, 2.05) is 4.72 Å². The van der Waals surface area contributed by atoms with E-state index in [1.54, 1.807) is 6.92 Å². The molecule has 90 valence electrons. The first-order valence-electron chi connectivity index (χ1n) is 4.12. The van der Waals surface area contributed by atoms with Gasteiger partial charge in [0.2, 0.25) is 4.34 Å². The van der Waals surface area contributed by atoms with E-state index in [1.165, 1.54) is 6.92 Å². The van der Waals surface area contributed by atoms with E-state index in [2.05, 4.69) is 20.9 Å². The van der Waals surface area contributed by atoms with Crippen molar-refractivity contribution in [1.82, 2.24) is 9.71 Å². The number of aliphatic carboxylic acids is 1. The third-order valence-corrected chi connectivity index (χ3v) is 5.58. The lowest BCUT2D eigenvalue weighted by atomic mass is 10.4. The second-order valence-electron chi connectivity index (χ2n) is 3.02. The summed E-state index contributed by atoms with van der Waals surface area (Å²) >= 11 is 4.09. The first-order valence-corrected chi connectivity index (χ1v) is 7.21. The molecule has 0 aliphatic rings. The number of halogens is 1. The molecular formula is C7H9BrN2O4S2. The molecule has 1 aromatic rings. The number of aryl methyl sites for hydroxylation is 1. The van der Waals surface area contributed by atoms with Crippen LogP contribution >= 0.6 is 27.3 Å². The standard InChI is InChI=1S/C7H9BrN2O4S2/c1-3-5(8)15-7(9-3)16(13,14)10-4(2)6(11)12/h4,10H,1-2H3,(H,11,12)/t4-/m0/s1. The number of nitrogens with one attached hydrogen (secondary N) is 1. The Hall–Kier alpha value is -0.510. The molecule has 1 atom stereocenters. The maximum atomic E-state index is 11.7. The molecule has 0 aliphatic carbocycles. The van der Waals surface area contributed by atoms with Crippen molar-refractivity contribution in [2.24, 2.45) is 0 Å². The minimum atomic E-state index is -3.86. The summed E-state index contributed by atoms with van der Waals surface area (Å²) in [5.74, 6) is -1.24. The normalized spacial score (nSPS) is 13.7. The van der Waals surface area contributed by atoms with Gasteiger partial charge >= 0.3 is 5.97 Å². The fourth-order valence-electron chi connectivity index (χ4n) is 0.803. The quantitative estimate of drug-likeness (QED) is 0.858. The maximum absolute atomic E-state index is 11.7. The van der Waals surface area contributed by atoms with Crippen molar-refractivity contribution in [2.45, 2.75) is 24.2 Å². The van der Waals surface area contributed by atoms with Gasteiger partial charge in [0.05, 0.1) is 9.48 Å². The van der Waals surface area contributed by atoms with Gasteiger partial charge in [0.15, 0.2) is 0 Å². The van der Waals surface area contributed by atoms with Crippen LogP contribution in [-0.4, -0.2) is 30.5 Å². The highest BCUT2D eigenvalue weighted by Gasteiger charge is 2.25. The van der Waals surface area contributed by atoms with Gasteiger partial charge in [-0.25, -0.2) is 13.4 Å². The van der Waals surface area contributed by atoms with E-state index >= 15 is 0 Å². The van der Waals surface area contributed by atoms with Crippen molar-refractivity contribution in [1.29, 1.82) is 0 Å². The lowest BCUT2D eigenvalue weighted by Gasteiger charge is -2.07. The van der Waals surface area contributed by atoms with Crippen LogP contribution in [0.1, 0.15) is 12.6 Å². The van der Waals surface area contributed by atoms with Gasteiger partial charge in [-0.15, -0.1) is 0 Å². The number of carboxylic acid groups (broad SMARTS) is 1. The number of hydrogen-bond donors (Lipinski definition) is 2. The Bertz CT molecular complexity index is 491. The second kappa shape index (κ2) is 4.78. The highest BCUT2D eigenvalue weighted by Crippen LogP contribution is 2.27. The molecule has 0 aliphatic heterocycles. The van der Waals surface area contributed by atoms with Crippen molar-refractivity contribution in [3.63, 3.8) is 0 Å². The third kappa shape index (κ3) is 3.00. The first kappa shape index (κ1) is 13.6. The Balaban J connectivity index is 2.99. The van der Waals surface area contributed by atoms with Crippen molar-refractivity contribution in [3.05, 3.63) is 9.48 Å². The molecule has 1 heterocycles. The van der Waals surface area contributed by atoms with Gasteiger partial charge in [-0.05, 0) is 29.8 Å². The number of hydrogen-bond acceptors (Lipinski definition) is 5. The summed E-state index contributed by atoms with van der Waals surface area (Å²) in [5, 5.41) is 8.60. The van der Waals surface area contributed by atoms with E-state index in [9.17, 15) is 13.2 Å². The number of carbonyl (C=O) groups is 1. The fraction of sp³-hybridized carbons (Fsp3) is 0.429. The van der Waals surface area contributed by atoms with Crippen LogP contribution in [0.5, 0.6) is 0 Å². The molecule has 2 N–H and O–H groups in total. The molecule has 0 aromatic carbocycles. The summed E-state index contributed by atoms with van der Waals surface area (Å²) in [5.41, 5.74) is 0.549. The minimum Gasteiger partial charge on any atom is -0.480 e. The molecule has 1 rings (SSSR count). The van der Waals surface area contributed by atoms with E-state index in [4.69, 9.17) is 5.11 Å². The first-order chi connectivity index (χ1) is 7.24. The summed E-state index contributed by atoms with van der Waals surface area (Å²) in [6, 6.07) is -1.19.